The van der Waals surface area contributed by atoms with E-state index in [0.717, 1.165) is 0 Å². The second kappa shape index (κ2) is 11.0. The van der Waals surface area contributed by atoms with E-state index >= 15 is 0 Å². The van der Waals surface area contributed by atoms with Crippen molar-refractivity contribution in [2.45, 2.75) is 0 Å². The molecule has 0 aromatic rings. The van der Waals surface area contributed by atoms with E-state index in [2.05, 4.69) is 73.7 Å². The Kier molecular flexibility index (Phi) is 8.80. The van der Waals surface area contributed by atoms with Gasteiger partial charge in [0.05, 0.1) is 0 Å². The van der Waals surface area contributed by atoms with Crippen LogP contribution in [0.15, 0.2) is 67.9 Å². The van der Waals surface area contributed by atoms with Gasteiger partial charge < -0.3 is 5.84 Å². The maximum absolute atomic E-state index is 6.16. The van der Waals surface area contributed by atoms with Gasteiger partial charge in [-0.1, -0.05) is 5.22 Å². The fraction of sp³-hybridized carbons (Fsp3) is 0. The summed E-state index contributed by atoms with van der Waals surface area (Å²) in [6.45, 7) is 0. The second-order valence-corrected chi connectivity index (χ2v) is 1.20. The fourth-order valence-corrected chi connectivity index (χ4v) is 0.204. The van der Waals surface area contributed by atoms with E-state index in [9.17, 15) is 0 Å². The molecule has 0 aliphatic rings. The summed E-state index contributed by atoms with van der Waals surface area (Å²) in [4.78, 5) is 0. The van der Waals surface area contributed by atoms with Crippen molar-refractivity contribution in [2.75, 3.05) is 0 Å². The highest BCUT2D eigenvalue weighted by Gasteiger charge is 1.68. The lowest BCUT2D eigenvalue weighted by Gasteiger charge is -1.68. The van der Waals surface area contributed by atoms with Gasteiger partial charge in [-0.05, 0) is 62.7 Å². The van der Waals surface area contributed by atoms with E-state index in [0.29, 0.717) is 0 Å². The fourth-order valence-electron chi connectivity index (χ4n) is 0.204. The quantitative estimate of drug-likeness (QED) is 0.378. The minimum Gasteiger partial charge on any atom is -0.303 e. The van der Waals surface area contributed by atoms with Gasteiger partial charge >= 0.3 is 0 Å². The van der Waals surface area contributed by atoms with Crippen LogP contribution in [-0.2, 0) is 0 Å². The van der Waals surface area contributed by atoms with Crippen molar-refractivity contribution in [3.8, 4) is 0 Å². The van der Waals surface area contributed by atoms with Gasteiger partial charge in [0.1, 0.15) is 0 Å². The molecule has 0 aromatic carbocycles. The van der Waals surface area contributed by atoms with Gasteiger partial charge in [0, 0.05) is 0 Å². The Hall–Kier alpha value is -3.00. The highest BCUT2D eigenvalue weighted by Crippen LogP contribution is 1.86. The average Bonchev–Trinajstić information content (AvgIpc) is 2.26. The molecular formula is H3N15. The van der Waals surface area contributed by atoms with E-state index in [1.807, 2.05) is 0 Å². The van der Waals surface area contributed by atoms with Crippen LogP contribution in [0.1, 0.15) is 0 Å². The zero-order valence-electron chi connectivity index (χ0n) is 6.89. The molecule has 0 amide bonds. The summed E-state index contributed by atoms with van der Waals surface area (Å²) in [6, 6.07) is 0. The van der Waals surface area contributed by atoms with Crippen molar-refractivity contribution in [2.24, 2.45) is 73.7 Å². The maximum Gasteiger partial charge on any atom is -0.000000000000142 e. The van der Waals surface area contributed by atoms with Crippen LogP contribution in [0.2, 0.25) is 0 Å². The Morgan fingerprint density at radius 3 is 1.20 bits per heavy atom. The topological polar surface area (TPSA) is 211 Å². The molecule has 0 aromatic heterocycles. The van der Waals surface area contributed by atoms with Gasteiger partial charge in [-0.2, -0.15) is 5.53 Å². The average molecular weight is 213 g/mol. The van der Waals surface area contributed by atoms with Crippen LogP contribution in [0, 0.1) is 5.53 Å². The number of hydrogen-bond acceptors (Lipinski definition) is 2. The molecule has 0 atom stereocenters. The normalized spacial score (nSPS) is 13.6. The molecule has 0 aliphatic heterocycles. The minimum atomic E-state index is 2.49. The first-order valence-electron chi connectivity index (χ1n) is 2.88. The van der Waals surface area contributed by atoms with Gasteiger partial charge in [-0.15, -0.1) is 0 Å². The third-order valence-electron chi connectivity index (χ3n) is 0.496. The van der Waals surface area contributed by atoms with E-state index in [4.69, 9.17) is 5.53 Å². The highest BCUT2D eigenvalue weighted by atomic mass is 15.7. The Morgan fingerprint density at radius 1 is 0.533 bits per heavy atom. The highest BCUT2D eigenvalue weighted by molar-refractivity contribution is 4.11. The summed E-state index contributed by atoms with van der Waals surface area (Å²) in [5.41, 5.74) is 6.16. The molecule has 3 N–H and O–H groups in total. The Bertz CT molecular complexity index is 307. The van der Waals surface area contributed by atoms with Crippen molar-refractivity contribution in [1.82, 2.24) is 0 Å². The Morgan fingerprint density at radius 2 is 0.867 bits per heavy atom. The lowest BCUT2D eigenvalue weighted by atomic mass is 12.3. The molecule has 0 saturated heterocycles. The third-order valence-corrected chi connectivity index (χ3v) is 0.496. The first-order chi connectivity index (χ1) is 7.41. The maximum atomic E-state index is 6.16. The van der Waals surface area contributed by atoms with Crippen LogP contribution in [0.3, 0.4) is 0 Å². The van der Waals surface area contributed by atoms with E-state index in [-0.39, 0.29) is 0 Å². The summed E-state index contributed by atoms with van der Waals surface area (Å²) < 4.78 is 0. The zero-order valence-corrected chi connectivity index (χ0v) is 6.89. The van der Waals surface area contributed by atoms with Crippen LogP contribution in [-0.4, -0.2) is 0 Å². The van der Waals surface area contributed by atoms with Crippen LogP contribution in [0.25, 0.3) is 0 Å². The number of nitrogens with one attached hydrogen (secondary N) is 1. The molecule has 78 valence electrons. The molecule has 0 aliphatic carbocycles. The Labute approximate surface area is 80.4 Å². The lowest BCUT2D eigenvalue weighted by molar-refractivity contribution is 0.747. The number of nitrogens with two attached hydrogens (primary N) is 1. The molecule has 0 saturated carbocycles. The van der Waals surface area contributed by atoms with Gasteiger partial charge in [0.2, 0.25) is 0 Å². The smallest absolute Gasteiger partial charge is 0.000000000000142 e. The standard InChI is InChI=1S/H3N15/c1-3-5-7-9-11-13-15-14-12-10-8-6-4-2/h(H3,1,2,5,6,9,10,13,14). The van der Waals surface area contributed by atoms with Crippen molar-refractivity contribution >= 4 is 0 Å². The summed E-state index contributed by atoms with van der Waals surface area (Å²) in [5.74, 6) is 4.57. The van der Waals surface area contributed by atoms with Crippen LogP contribution in [0.4, 0.5) is 0 Å². The molecule has 0 spiro atoms. The van der Waals surface area contributed by atoms with Gasteiger partial charge in [-0.3, -0.25) is 0 Å². The molecule has 0 heterocycles. The van der Waals surface area contributed by atoms with Gasteiger partial charge in [0.15, 0.2) is 0 Å². The summed E-state index contributed by atoms with van der Waals surface area (Å²) >= 11 is 0. The number of hydrogen-bond donors (Lipinski definition) is 2. The molecule has 0 radical (unpaired) electrons. The van der Waals surface area contributed by atoms with Crippen LogP contribution in [0.5, 0.6) is 0 Å². The first kappa shape index (κ1) is 12.0. The first-order valence-corrected chi connectivity index (χ1v) is 2.88. The van der Waals surface area contributed by atoms with Crippen LogP contribution < -0.4 is 5.84 Å². The van der Waals surface area contributed by atoms with Crippen molar-refractivity contribution in [3.63, 3.8) is 0 Å². The van der Waals surface area contributed by atoms with E-state index < -0.39 is 0 Å². The summed E-state index contributed by atoms with van der Waals surface area (Å²) in [6.07, 6.45) is 0. The number of rotatable bonds is 6. The molecule has 15 heteroatoms. The molecular weight excluding hydrogens is 210 g/mol. The SMILES string of the molecule is N=N/N=N/N=N/N=N/N=N/N=N/N=N/N. The van der Waals surface area contributed by atoms with Gasteiger partial charge in [-0.25, -0.2) is 0 Å². The molecule has 0 rings (SSSR count). The van der Waals surface area contributed by atoms with Crippen LogP contribution >= 0.6 is 0 Å². The second-order valence-electron chi connectivity index (χ2n) is 1.20. The predicted molar refractivity (Wildman–Crippen MR) is 38.5 cm³/mol. The third kappa shape index (κ3) is 11.0. The number of nitrogens with zero attached hydrogens (tertiary/aromatic N) is 13. The molecule has 15 heavy (non-hydrogen) atoms. The molecule has 0 bridgehead atoms. The predicted octanol–water partition coefficient (Wildman–Crippen LogP) is 2.09. The zero-order chi connectivity index (χ0) is 11.2. The Balaban J connectivity index is 3.74. The van der Waals surface area contributed by atoms with Gasteiger partial charge in [0.25, 0.3) is 0 Å². The van der Waals surface area contributed by atoms with E-state index in [1.165, 1.54) is 0 Å². The van der Waals surface area contributed by atoms with Crippen molar-refractivity contribution < 1.29 is 0 Å². The molecule has 0 fully saturated rings. The largest absolute Gasteiger partial charge is 0.303 e. The summed E-state index contributed by atoms with van der Waals surface area (Å²) in [5, 5.41) is 37.3. The molecule has 0 unspecified atom stereocenters. The minimum absolute atomic E-state index is 2.49. The van der Waals surface area contributed by atoms with Crippen molar-refractivity contribution in [3.05, 3.63) is 0 Å². The monoisotopic (exact) mass is 213 g/mol. The lowest BCUT2D eigenvalue weighted by Crippen LogP contribution is -1.70. The summed E-state index contributed by atoms with van der Waals surface area (Å²) in [7, 11) is 0. The van der Waals surface area contributed by atoms with Crippen molar-refractivity contribution in [1.29, 1.82) is 5.53 Å². The molecule has 15 nitrogen and oxygen atoms in total. The van der Waals surface area contributed by atoms with E-state index in [1.54, 1.807) is 0 Å².